The molecule has 0 saturated heterocycles. The first-order valence-electron chi connectivity index (χ1n) is 9.43. The zero-order valence-electron chi connectivity index (χ0n) is 16.5. The van der Waals surface area contributed by atoms with Crippen molar-refractivity contribution in [3.8, 4) is 23.0 Å². The largest absolute Gasteiger partial charge is 0.380 e. The van der Waals surface area contributed by atoms with Crippen LogP contribution in [0.15, 0.2) is 66.7 Å². The van der Waals surface area contributed by atoms with Gasteiger partial charge in [0.25, 0.3) is 0 Å². The van der Waals surface area contributed by atoms with Crippen molar-refractivity contribution < 1.29 is 22.3 Å². The van der Waals surface area contributed by atoms with Crippen LogP contribution in [0.3, 0.4) is 0 Å². The molecule has 0 aromatic heterocycles. The SMILES string of the molecule is COCc1ccc(-c2ccc(C#Cc3ccc4c(F)c(F)c(F)cc4c3)cc2)c(F)c1. The van der Waals surface area contributed by atoms with Crippen LogP contribution in [-0.2, 0) is 11.3 Å². The van der Waals surface area contributed by atoms with Gasteiger partial charge in [0.1, 0.15) is 5.82 Å². The van der Waals surface area contributed by atoms with E-state index in [4.69, 9.17) is 4.74 Å². The first kappa shape index (κ1) is 20.6. The highest BCUT2D eigenvalue weighted by molar-refractivity contribution is 5.84. The highest BCUT2D eigenvalue weighted by Crippen LogP contribution is 2.25. The van der Waals surface area contributed by atoms with Crippen LogP contribution in [0, 0.1) is 35.1 Å². The smallest absolute Gasteiger partial charge is 0.195 e. The summed E-state index contributed by atoms with van der Waals surface area (Å²) in [5.74, 6) is 1.61. The molecular weight excluding hydrogens is 404 g/mol. The van der Waals surface area contributed by atoms with E-state index in [2.05, 4.69) is 11.8 Å². The Morgan fingerprint density at radius 3 is 2.13 bits per heavy atom. The Balaban J connectivity index is 1.59. The number of hydrogen-bond donors (Lipinski definition) is 0. The maximum atomic E-state index is 14.4. The number of methoxy groups -OCH3 is 1. The lowest BCUT2D eigenvalue weighted by Crippen LogP contribution is -1.92. The Morgan fingerprint density at radius 2 is 1.42 bits per heavy atom. The van der Waals surface area contributed by atoms with Crippen molar-refractivity contribution in [2.45, 2.75) is 6.61 Å². The fraction of sp³-hybridized carbons (Fsp3) is 0.0769. The molecule has 0 unspecified atom stereocenters. The van der Waals surface area contributed by atoms with Gasteiger partial charge in [-0.3, -0.25) is 0 Å². The molecule has 0 N–H and O–H groups in total. The Morgan fingerprint density at radius 1 is 0.710 bits per heavy atom. The fourth-order valence-corrected chi connectivity index (χ4v) is 3.31. The molecule has 0 bridgehead atoms. The van der Waals surface area contributed by atoms with Crippen LogP contribution in [0.1, 0.15) is 16.7 Å². The molecule has 0 fully saturated rings. The van der Waals surface area contributed by atoms with E-state index in [1.807, 2.05) is 6.07 Å². The highest BCUT2D eigenvalue weighted by Gasteiger charge is 2.13. The van der Waals surface area contributed by atoms with E-state index in [0.29, 0.717) is 28.9 Å². The molecule has 0 aliphatic heterocycles. The summed E-state index contributed by atoms with van der Waals surface area (Å²) in [5.41, 5.74) is 3.17. The molecular formula is C26H16F4O. The van der Waals surface area contributed by atoms with Crippen molar-refractivity contribution in [2.24, 2.45) is 0 Å². The van der Waals surface area contributed by atoms with Crippen LogP contribution in [0.2, 0.25) is 0 Å². The van der Waals surface area contributed by atoms with Gasteiger partial charge in [-0.05, 0) is 52.9 Å². The Kier molecular flexibility index (Phi) is 5.75. The molecule has 4 aromatic carbocycles. The van der Waals surface area contributed by atoms with Gasteiger partial charge >= 0.3 is 0 Å². The zero-order chi connectivity index (χ0) is 22.0. The monoisotopic (exact) mass is 420 g/mol. The lowest BCUT2D eigenvalue weighted by atomic mass is 10.0. The van der Waals surface area contributed by atoms with Crippen molar-refractivity contribution in [2.75, 3.05) is 7.11 Å². The summed E-state index contributed by atoms with van der Waals surface area (Å²) in [4.78, 5) is 0. The molecule has 0 amide bonds. The van der Waals surface area contributed by atoms with Gasteiger partial charge < -0.3 is 4.74 Å². The Hall–Kier alpha value is -3.62. The minimum Gasteiger partial charge on any atom is -0.380 e. The molecule has 0 heterocycles. The third-order valence-electron chi connectivity index (χ3n) is 4.86. The van der Waals surface area contributed by atoms with E-state index in [1.54, 1.807) is 43.5 Å². The third kappa shape index (κ3) is 4.30. The second kappa shape index (κ2) is 8.63. The van der Waals surface area contributed by atoms with Crippen molar-refractivity contribution >= 4 is 10.8 Å². The second-order valence-electron chi connectivity index (χ2n) is 7.00. The normalized spacial score (nSPS) is 10.7. The molecule has 0 radical (unpaired) electrons. The van der Waals surface area contributed by atoms with Gasteiger partial charge in [0.2, 0.25) is 0 Å². The van der Waals surface area contributed by atoms with Gasteiger partial charge in [0.05, 0.1) is 6.61 Å². The predicted molar refractivity (Wildman–Crippen MR) is 112 cm³/mol. The van der Waals surface area contributed by atoms with Crippen LogP contribution in [0.5, 0.6) is 0 Å². The van der Waals surface area contributed by atoms with Gasteiger partial charge in [-0.2, -0.15) is 0 Å². The average Bonchev–Trinajstić information content (AvgIpc) is 2.77. The summed E-state index contributed by atoms with van der Waals surface area (Å²) in [5, 5.41) is 0.221. The van der Waals surface area contributed by atoms with E-state index >= 15 is 0 Å². The lowest BCUT2D eigenvalue weighted by molar-refractivity contribution is 0.184. The predicted octanol–water partition coefficient (Wildman–Crippen LogP) is 6.61. The van der Waals surface area contributed by atoms with Gasteiger partial charge in [-0.15, -0.1) is 0 Å². The maximum Gasteiger partial charge on any atom is 0.195 e. The summed E-state index contributed by atoms with van der Waals surface area (Å²) in [6.45, 7) is 0.342. The molecule has 0 spiro atoms. The Labute approximate surface area is 176 Å². The molecule has 0 saturated carbocycles. The first-order chi connectivity index (χ1) is 15.0. The minimum atomic E-state index is -1.49. The fourth-order valence-electron chi connectivity index (χ4n) is 3.31. The van der Waals surface area contributed by atoms with E-state index in [9.17, 15) is 17.6 Å². The number of ether oxygens (including phenoxy) is 1. The van der Waals surface area contributed by atoms with Gasteiger partial charge in [0, 0.05) is 29.2 Å². The molecule has 0 aliphatic rings. The summed E-state index contributed by atoms with van der Waals surface area (Å²) in [6.07, 6.45) is 0. The van der Waals surface area contributed by atoms with Crippen molar-refractivity contribution in [1.29, 1.82) is 0 Å². The number of rotatable bonds is 3. The molecule has 154 valence electrons. The highest BCUT2D eigenvalue weighted by atomic mass is 19.2. The van der Waals surface area contributed by atoms with Crippen LogP contribution in [0.25, 0.3) is 21.9 Å². The molecule has 0 atom stereocenters. The lowest BCUT2D eigenvalue weighted by Gasteiger charge is -2.06. The van der Waals surface area contributed by atoms with E-state index in [0.717, 1.165) is 11.6 Å². The third-order valence-corrected chi connectivity index (χ3v) is 4.86. The van der Waals surface area contributed by atoms with Gasteiger partial charge in [-0.1, -0.05) is 42.2 Å². The molecule has 5 heteroatoms. The number of benzene rings is 4. The van der Waals surface area contributed by atoms with Crippen LogP contribution < -0.4 is 0 Å². The average molecular weight is 420 g/mol. The maximum absolute atomic E-state index is 14.4. The number of hydrogen-bond acceptors (Lipinski definition) is 1. The zero-order valence-corrected chi connectivity index (χ0v) is 16.5. The van der Waals surface area contributed by atoms with Crippen molar-refractivity contribution in [1.82, 2.24) is 0 Å². The molecule has 1 nitrogen and oxygen atoms in total. The Bertz CT molecular complexity index is 1330. The second-order valence-corrected chi connectivity index (χ2v) is 7.00. The standard InChI is InChI=1S/C26H16F4O/c1-31-15-18-7-10-21(23(27)13-18)19-8-4-16(5-9-19)2-3-17-6-11-22-20(12-17)14-24(28)26(30)25(22)29/h4-14H,15H2,1H3. The summed E-state index contributed by atoms with van der Waals surface area (Å²) in [7, 11) is 1.56. The number of halogens is 4. The van der Waals surface area contributed by atoms with Crippen molar-refractivity contribution in [3.05, 3.63) is 107 Å². The molecule has 0 aliphatic carbocycles. The van der Waals surface area contributed by atoms with E-state index < -0.39 is 17.5 Å². The topological polar surface area (TPSA) is 9.23 Å². The molecule has 4 rings (SSSR count). The van der Waals surface area contributed by atoms with Gasteiger partial charge in [0.15, 0.2) is 17.5 Å². The van der Waals surface area contributed by atoms with Crippen LogP contribution in [-0.4, -0.2) is 7.11 Å². The van der Waals surface area contributed by atoms with E-state index in [-0.39, 0.29) is 16.6 Å². The van der Waals surface area contributed by atoms with Gasteiger partial charge in [-0.25, -0.2) is 17.6 Å². The van der Waals surface area contributed by atoms with Crippen molar-refractivity contribution in [3.63, 3.8) is 0 Å². The first-order valence-corrected chi connectivity index (χ1v) is 9.43. The van der Waals surface area contributed by atoms with Crippen LogP contribution >= 0.6 is 0 Å². The molecule has 4 aromatic rings. The van der Waals surface area contributed by atoms with E-state index in [1.165, 1.54) is 18.2 Å². The summed E-state index contributed by atoms with van der Waals surface area (Å²) in [6, 6.07) is 17.4. The van der Waals surface area contributed by atoms with Crippen LogP contribution in [0.4, 0.5) is 17.6 Å². The minimum absolute atomic E-state index is 0.00709. The quantitative estimate of drug-likeness (QED) is 0.206. The molecule has 31 heavy (non-hydrogen) atoms. The summed E-state index contributed by atoms with van der Waals surface area (Å²) < 4.78 is 60.0. The summed E-state index contributed by atoms with van der Waals surface area (Å²) >= 11 is 0. The number of fused-ring (bicyclic) bond motifs is 1.